The highest BCUT2D eigenvalue weighted by atomic mass is 15.1. The average molecular weight is 166 g/mol. The molecule has 0 spiro atoms. The summed E-state index contributed by atoms with van der Waals surface area (Å²) < 4.78 is 0. The number of terminal acetylenes is 1. The predicted molar refractivity (Wildman–Crippen MR) is 51.9 cm³/mol. The molecule has 1 aliphatic heterocycles. The van der Waals surface area contributed by atoms with Crippen LogP contribution in [0.25, 0.3) is 0 Å². The first kappa shape index (κ1) is 9.57. The van der Waals surface area contributed by atoms with Gasteiger partial charge in [-0.05, 0) is 32.9 Å². The lowest BCUT2D eigenvalue weighted by atomic mass is 10.0. The van der Waals surface area contributed by atoms with Gasteiger partial charge < -0.3 is 5.32 Å². The average Bonchev–Trinajstić information content (AvgIpc) is 2.37. The van der Waals surface area contributed by atoms with Crippen LogP contribution in [0.2, 0.25) is 0 Å². The third kappa shape index (κ3) is 2.51. The van der Waals surface area contributed by atoms with E-state index < -0.39 is 0 Å². The molecule has 1 saturated heterocycles. The van der Waals surface area contributed by atoms with Gasteiger partial charge in [-0.1, -0.05) is 5.92 Å². The fourth-order valence-electron chi connectivity index (χ4n) is 1.78. The van der Waals surface area contributed by atoms with Crippen molar-refractivity contribution in [1.82, 2.24) is 10.2 Å². The first-order chi connectivity index (χ1) is 5.74. The molecular weight excluding hydrogens is 148 g/mol. The molecule has 2 atom stereocenters. The molecule has 0 aromatic rings. The van der Waals surface area contributed by atoms with E-state index in [4.69, 9.17) is 6.42 Å². The van der Waals surface area contributed by atoms with Crippen LogP contribution in [-0.2, 0) is 0 Å². The number of rotatable bonds is 3. The summed E-state index contributed by atoms with van der Waals surface area (Å²) in [6, 6.07) is 0.658. The zero-order chi connectivity index (χ0) is 8.97. The molecule has 2 nitrogen and oxygen atoms in total. The number of hydrogen-bond acceptors (Lipinski definition) is 2. The largest absolute Gasteiger partial charge is 0.314 e. The zero-order valence-electron chi connectivity index (χ0n) is 8.01. The van der Waals surface area contributed by atoms with Crippen LogP contribution in [0.3, 0.4) is 0 Å². The Morgan fingerprint density at radius 2 is 2.42 bits per heavy atom. The molecule has 0 amide bonds. The van der Waals surface area contributed by atoms with E-state index in [0.717, 1.165) is 25.6 Å². The van der Waals surface area contributed by atoms with Crippen molar-refractivity contribution in [2.45, 2.75) is 19.4 Å². The maximum atomic E-state index is 5.23. The van der Waals surface area contributed by atoms with Gasteiger partial charge in [0.2, 0.25) is 0 Å². The number of nitrogens with zero attached hydrogens (tertiary/aromatic N) is 1. The van der Waals surface area contributed by atoms with Gasteiger partial charge in [0.1, 0.15) is 0 Å². The second-order valence-electron chi connectivity index (χ2n) is 3.69. The number of hydrogen-bond donors (Lipinski definition) is 1. The molecule has 1 aliphatic rings. The highest BCUT2D eigenvalue weighted by Gasteiger charge is 2.23. The van der Waals surface area contributed by atoms with Crippen LogP contribution in [0.4, 0.5) is 0 Å². The van der Waals surface area contributed by atoms with Gasteiger partial charge in [0.25, 0.3) is 0 Å². The summed E-state index contributed by atoms with van der Waals surface area (Å²) in [5, 5.41) is 3.44. The van der Waals surface area contributed by atoms with Crippen molar-refractivity contribution in [1.29, 1.82) is 0 Å². The Morgan fingerprint density at radius 3 is 2.92 bits per heavy atom. The van der Waals surface area contributed by atoms with Crippen LogP contribution in [0, 0.1) is 18.3 Å². The van der Waals surface area contributed by atoms with Crippen molar-refractivity contribution in [2.75, 3.05) is 26.7 Å². The lowest BCUT2D eigenvalue weighted by Gasteiger charge is -2.21. The fourth-order valence-corrected chi connectivity index (χ4v) is 1.78. The van der Waals surface area contributed by atoms with Gasteiger partial charge in [-0.3, -0.25) is 4.90 Å². The van der Waals surface area contributed by atoms with Gasteiger partial charge >= 0.3 is 0 Å². The van der Waals surface area contributed by atoms with Crippen LogP contribution in [0.15, 0.2) is 0 Å². The van der Waals surface area contributed by atoms with E-state index in [1.807, 2.05) is 0 Å². The van der Waals surface area contributed by atoms with Gasteiger partial charge in [-0.15, -0.1) is 6.42 Å². The standard InChI is InChI=1S/C10H18N2/c1-4-7-12(3)8-10-5-6-11-9(10)2/h1,9-11H,5-8H2,2-3H3. The van der Waals surface area contributed by atoms with E-state index in [-0.39, 0.29) is 0 Å². The third-order valence-corrected chi connectivity index (χ3v) is 2.60. The maximum Gasteiger partial charge on any atom is 0.0596 e. The summed E-state index contributed by atoms with van der Waals surface area (Å²) in [7, 11) is 2.09. The molecule has 0 radical (unpaired) electrons. The minimum atomic E-state index is 0.658. The Balaban J connectivity index is 2.26. The van der Waals surface area contributed by atoms with Crippen LogP contribution >= 0.6 is 0 Å². The monoisotopic (exact) mass is 166 g/mol. The minimum absolute atomic E-state index is 0.658. The van der Waals surface area contributed by atoms with Crippen LogP contribution in [0.5, 0.6) is 0 Å². The van der Waals surface area contributed by atoms with Gasteiger partial charge in [0, 0.05) is 12.6 Å². The maximum absolute atomic E-state index is 5.23. The van der Waals surface area contributed by atoms with Crippen molar-refractivity contribution >= 4 is 0 Å². The van der Waals surface area contributed by atoms with E-state index in [1.165, 1.54) is 6.42 Å². The highest BCUT2D eigenvalue weighted by Crippen LogP contribution is 2.15. The van der Waals surface area contributed by atoms with Crippen molar-refractivity contribution in [3.05, 3.63) is 0 Å². The fraction of sp³-hybridized carbons (Fsp3) is 0.800. The SMILES string of the molecule is C#CCN(C)CC1CCNC1C. The van der Waals surface area contributed by atoms with Crippen molar-refractivity contribution in [3.63, 3.8) is 0 Å². The Labute approximate surface area is 75.3 Å². The van der Waals surface area contributed by atoms with Crippen molar-refractivity contribution in [2.24, 2.45) is 5.92 Å². The molecular formula is C10H18N2. The molecule has 0 aromatic heterocycles. The summed E-state index contributed by atoms with van der Waals surface area (Å²) in [5.74, 6) is 3.44. The van der Waals surface area contributed by atoms with E-state index in [0.29, 0.717) is 6.04 Å². The third-order valence-electron chi connectivity index (χ3n) is 2.60. The Morgan fingerprint density at radius 1 is 1.67 bits per heavy atom. The lowest BCUT2D eigenvalue weighted by molar-refractivity contribution is 0.291. The zero-order valence-corrected chi connectivity index (χ0v) is 8.01. The molecule has 0 saturated carbocycles. The molecule has 1 fully saturated rings. The smallest absolute Gasteiger partial charge is 0.0596 e. The van der Waals surface area contributed by atoms with Gasteiger partial charge in [-0.25, -0.2) is 0 Å². The predicted octanol–water partition coefficient (Wildman–Crippen LogP) is 0.549. The summed E-state index contributed by atoms with van der Waals surface area (Å²) in [6.45, 7) is 5.30. The van der Waals surface area contributed by atoms with Gasteiger partial charge in [-0.2, -0.15) is 0 Å². The molecule has 1 N–H and O–H groups in total. The first-order valence-electron chi connectivity index (χ1n) is 4.59. The highest BCUT2D eigenvalue weighted by molar-refractivity contribution is 4.89. The summed E-state index contributed by atoms with van der Waals surface area (Å²) in [6.07, 6.45) is 6.52. The quantitative estimate of drug-likeness (QED) is 0.616. The molecule has 0 bridgehead atoms. The lowest BCUT2D eigenvalue weighted by Crippen LogP contribution is -2.32. The van der Waals surface area contributed by atoms with E-state index in [1.54, 1.807) is 0 Å². The molecule has 2 unspecified atom stereocenters. The summed E-state index contributed by atoms with van der Waals surface area (Å²) >= 11 is 0. The van der Waals surface area contributed by atoms with Crippen LogP contribution in [-0.4, -0.2) is 37.6 Å². The number of nitrogens with one attached hydrogen (secondary N) is 1. The van der Waals surface area contributed by atoms with Crippen molar-refractivity contribution in [3.8, 4) is 12.3 Å². The van der Waals surface area contributed by atoms with E-state index in [2.05, 4.69) is 30.1 Å². The molecule has 0 aliphatic carbocycles. The Hall–Kier alpha value is -0.520. The van der Waals surface area contributed by atoms with Gasteiger partial charge in [0.05, 0.1) is 6.54 Å². The van der Waals surface area contributed by atoms with Crippen molar-refractivity contribution < 1.29 is 0 Å². The topological polar surface area (TPSA) is 15.3 Å². The molecule has 68 valence electrons. The molecule has 1 heterocycles. The van der Waals surface area contributed by atoms with Crippen LogP contribution in [0.1, 0.15) is 13.3 Å². The normalized spacial score (nSPS) is 29.2. The van der Waals surface area contributed by atoms with E-state index >= 15 is 0 Å². The van der Waals surface area contributed by atoms with Crippen LogP contribution < -0.4 is 5.32 Å². The Bertz CT molecular complexity index is 171. The first-order valence-corrected chi connectivity index (χ1v) is 4.59. The molecule has 1 rings (SSSR count). The molecule has 0 aromatic carbocycles. The van der Waals surface area contributed by atoms with Gasteiger partial charge in [0.15, 0.2) is 0 Å². The Kier molecular flexibility index (Phi) is 3.58. The second kappa shape index (κ2) is 4.49. The summed E-state index contributed by atoms with van der Waals surface area (Å²) in [4.78, 5) is 2.22. The molecule has 12 heavy (non-hydrogen) atoms. The van der Waals surface area contributed by atoms with E-state index in [9.17, 15) is 0 Å². The minimum Gasteiger partial charge on any atom is -0.314 e. The summed E-state index contributed by atoms with van der Waals surface area (Å²) in [5.41, 5.74) is 0. The second-order valence-corrected chi connectivity index (χ2v) is 3.69. The molecule has 2 heteroatoms.